The van der Waals surface area contributed by atoms with E-state index in [-0.39, 0.29) is 17.2 Å². The maximum absolute atomic E-state index is 13.1. The van der Waals surface area contributed by atoms with Gasteiger partial charge in [0, 0.05) is 18.5 Å². The lowest BCUT2D eigenvalue weighted by Gasteiger charge is -2.56. The summed E-state index contributed by atoms with van der Waals surface area (Å²) in [5, 5.41) is 3.78. The highest BCUT2D eigenvalue weighted by Crippen LogP contribution is 2.61. The van der Waals surface area contributed by atoms with Gasteiger partial charge in [0.25, 0.3) is 5.91 Å². The van der Waals surface area contributed by atoms with E-state index >= 15 is 0 Å². The Morgan fingerprint density at radius 3 is 2.32 bits per heavy atom. The Kier molecular flexibility index (Phi) is 5.57. The highest BCUT2D eigenvalue weighted by molar-refractivity contribution is 6.39. The van der Waals surface area contributed by atoms with Crippen LogP contribution in [0.4, 0.5) is 5.82 Å². The third-order valence-corrected chi connectivity index (χ3v) is 9.06. The van der Waals surface area contributed by atoms with Crippen molar-refractivity contribution in [2.75, 3.05) is 11.9 Å². The van der Waals surface area contributed by atoms with Gasteiger partial charge in [0.05, 0.1) is 27.8 Å². The van der Waals surface area contributed by atoms with E-state index in [0.29, 0.717) is 47.4 Å². The average Bonchev–Trinajstić information content (AvgIpc) is 2.77. The zero-order chi connectivity index (χ0) is 23.4. The Labute approximate surface area is 209 Å². The first kappa shape index (κ1) is 22.3. The normalized spacial score (nSPS) is 29.1. The molecule has 0 radical (unpaired) electrons. The predicted molar refractivity (Wildman–Crippen MR) is 131 cm³/mol. The van der Waals surface area contributed by atoms with Crippen molar-refractivity contribution < 1.29 is 9.59 Å². The molecule has 8 heteroatoms. The Bertz CT molecular complexity index is 1110. The SMILES string of the molecule is O=C(CC12CC3CC(CC(C3)C1)C2)Nc1ncnc2c1CCN(C(=O)c1c(Cl)cccc1Cl)C2. The molecule has 0 atom stereocenters. The number of carbonyl (C=O) groups excluding carboxylic acids is 2. The topological polar surface area (TPSA) is 75.2 Å². The van der Waals surface area contributed by atoms with Crippen LogP contribution in [0.2, 0.25) is 10.0 Å². The van der Waals surface area contributed by atoms with Crippen LogP contribution in [0.1, 0.15) is 66.6 Å². The fourth-order valence-corrected chi connectivity index (χ4v) is 8.08. The number of carbonyl (C=O) groups is 2. The Morgan fingerprint density at radius 2 is 1.68 bits per heavy atom. The maximum Gasteiger partial charge on any atom is 0.257 e. The van der Waals surface area contributed by atoms with E-state index in [1.807, 2.05) is 0 Å². The lowest BCUT2D eigenvalue weighted by atomic mass is 9.49. The summed E-state index contributed by atoms with van der Waals surface area (Å²) in [4.78, 5) is 36.8. The molecule has 5 aliphatic rings. The molecule has 0 saturated heterocycles. The summed E-state index contributed by atoms with van der Waals surface area (Å²) in [6, 6.07) is 5.05. The third-order valence-electron chi connectivity index (χ3n) is 8.43. The van der Waals surface area contributed by atoms with Gasteiger partial charge in [-0.3, -0.25) is 9.59 Å². The molecule has 7 rings (SSSR count). The average molecular weight is 499 g/mol. The minimum atomic E-state index is -0.215. The maximum atomic E-state index is 13.1. The van der Waals surface area contributed by atoms with Crippen molar-refractivity contribution in [1.82, 2.24) is 14.9 Å². The molecule has 34 heavy (non-hydrogen) atoms. The fraction of sp³-hybridized carbons (Fsp3) is 0.538. The quantitative estimate of drug-likeness (QED) is 0.601. The number of amides is 2. The first-order chi connectivity index (χ1) is 16.4. The van der Waals surface area contributed by atoms with E-state index in [0.717, 1.165) is 29.0 Å². The van der Waals surface area contributed by atoms with Gasteiger partial charge < -0.3 is 10.2 Å². The molecule has 2 amide bonds. The summed E-state index contributed by atoms with van der Waals surface area (Å²) >= 11 is 12.5. The van der Waals surface area contributed by atoms with Gasteiger partial charge in [0.15, 0.2) is 0 Å². The standard InChI is InChI=1S/C26H28Cl2N4O2/c27-19-2-1-3-20(28)23(19)25(34)32-5-4-18-21(13-32)29-14-30-24(18)31-22(33)12-26-9-15-6-16(10-26)8-17(7-15)11-26/h1-3,14-17H,4-13H2,(H,29,30,31,33). The molecule has 2 aromatic rings. The van der Waals surface area contributed by atoms with Crippen LogP contribution in [0.3, 0.4) is 0 Å². The monoisotopic (exact) mass is 498 g/mol. The second-order valence-corrected chi connectivity index (χ2v) is 11.7. The molecule has 178 valence electrons. The Morgan fingerprint density at radius 1 is 1.03 bits per heavy atom. The number of rotatable bonds is 4. The van der Waals surface area contributed by atoms with Crippen LogP contribution in [0.15, 0.2) is 24.5 Å². The van der Waals surface area contributed by atoms with Crippen LogP contribution in [0.5, 0.6) is 0 Å². The van der Waals surface area contributed by atoms with Crippen LogP contribution in [0.25, 0.3) is 0 Å². The van der Waals surface area contributed by atoms with Gasteiger partial charge in [0.2, 0.25) is 5.91 Å². The van der Waals surface area contributed by atoms with Crippen LogP contribution < -0.4 is 5.32 Å². The number of nitrogens with zero attached hydrogens (tertiary/aromatic N) is 3. The summed E-state index contributed by atoms with van der Waals surface area (Å²) in [5.74, 6) is 2.89. The molecule has 0 spiro atoms. The van der Waals surface area contributed by atoms with Gasteiger partial charge in [-0.2, -0.15) is 0 Å². The number of aromatic nitrogens is 2. The molecule has 4 saturated carbocycles. The van der Waals surface area contributed by atoms with E-state index < -0.39 is 0 Å². The smallest absolute Gasteiger partial charge is 0.257 e. The molecule has 1 aromatic heterocycles. The molecule has 1 aliphatic heterocycles. The number of fused-ring (bicyclic) bond motifs is 1. The van der Waals surface area contributed by atoms with Crippen molar-refractivity contribution in [3.63, 3.8) is 0 Å². The third kappa shape index (κ3) is 3.99. The number of benzene rings is 1. The minimum absolute atomic E-state index is 0.0594. The molecular formula is C26H28Cl2N4O2. The van der Waals surface area contributed by atoms with Crippen LogP contribution in [0, 0.1) is 23.2 Å². The highest BCUT2D eigenvalue weighted by atomic mass is 35.5. The van der Waals surface area contributed by atoms with Crippen molar-refractivity contribution in [2.24, 2.45) is 23.2 Å². The number of anilines is 1. The molecule has 1 aromatic carbocycles. The minimum Gasteiger partial charge on any atom is -0.332 e. The van der Waals surface area contributed by atoms with E-state index in [9.17, 15) is 9.59 Å². The molecule has 6 nitrogen and oxygen atoms in total. The number of halogens is 2. The summed E-state index contributed by atoms with van der Waals surface area (Å²) < 4.78 is 0. The molecule has 4 aliphatic carbocycles. The van der Waals surface area contributed by atoms with Crippen molar-refractivity contribution in [3.05, 3.63) is 51.4 Å². The van der Waals surface area contributed by atoms with Crippen LogP contribution in [-0.4, -0.2) is 33.2 Å². The van der Waals surface area contributed by atoms with E-state index in [4.69, 9.17) is 23.2 Å². The predicted octanol–water partition coefficient (Wildman–Crippen LogP) is 5.53. The number of hydrogen-bond acceptors (Lipinski definition) is 4. The summed E-state index contributed by atoms with van der Waals surface area (Å²) in [7, 11) is 0. The molecular weight excluding hydrogens is 471 g/mol. The zero-order valence-electron chi connectivity index (χ0n) is 19.0. The van der Waals surface area contributed by atoms with Crippen LogP contribution in [-0.2, 0) is 17.8 Å². The second kappa shape index (κ2) is 8.49. The van der Waals surface area contributed by atoms with Crippen LogP contribution >= 0.6 is 23.2 Å². The van der Waals surface area contributed by atoms with Crippen molar-refractivity contribution >= 4 is 40.8 Å². The van der Waals surface area contributed by atoms with Gasteiger partial charge in [-0.05, 0) is 80.2 Å². The first-order valence-electron chi connectivity index (χ1n) is 12.2. The van der Waals surface area contributed by atoms with Gasteiger partial charge >= 0.3 is 0 Å². The summed E-state index contributed by atoms with van der Waals surface area (Å²) in [6.07, 6.45) is 10.3. The lowest BCUT2D eigenvalue weighted by molar-refractivity contribution is -0.124. The van der Waals surface area contributed by atoms with Crippen molar-refractivity contribution in [3.8, 4) is 0 Å². The van der Waals surface area contributed by atoms with E-state index in [1.165, 1.54) is 44.9 Å². The highest BCUT2D eigenvalue weighted by Gasteiger charge is 2.51. The number of nitrogens with one attached hydrogen (secondary N) is 1. The van der Waals surface area contributed by atoms with Gasteiger partial charge in [-0.25, -0.2) is 9.97 Å². The second-order valence-electron chi connectivity index (χ2n) is 10.9. The fourth-order valence-electron chi connectivity index (χ4n) is 7.52. The molecule has 4 fully saturated rings. The number of hydrogen-bond donors (Lipinski definition) is 1. The van der Waals surface area contributed by atoms with Gasteiger partial charge in [-0.15, -0.1) is 0 Å². The molecule has 1 N–H and O–H groups in total. The Balaban J connectivity index is 1.16. The lowest BCUT2D eigenvalue weighted by Crippen LogP contribution is -2.47. The molecule has 2 heterocycles. The van der Waals surface area contributed by atoms with Crippen molar-refractivity contribution in [1.29, 1.82) is 0 Å². The van der Waals surface area contributed by atoms with E-state index in [2.05, 4.69) is 15.3 Å². The molecule has 0 unspecified atom stereocenters. The van der Waals surface area contributed by atoms with Gasteiger partial charge in [-0.1, -0.05) is 29.3 Å². The summed E-state index contributed by atoms with van der Waals surface area (Å²) in [6.45, 7) is 0.814. The van der Waals surface area contributed by atoms with E-state index in [1.54, 1.807) is 23.1 Å². The Hall–Kier alpha value is -2.18. The van der Waals surface area contributed by atoms with Gasteiger partial charge in [0.1, 0.15) is 12.1 Å². The molecule has 4 bridgehead atoms. The zero-order valence-corrected chi connectivity index (χ0v) is 20.5. The van der Waals surface area contributed by atoms with Crippen molar-refractivity contribution in [2.45, 2.75) is 57.9 Å². The largest absolute Gasteiger partial charge is 0.332 e. The summed E-state index contributed by atoms with van der Waals surface area (Å²) in [5.41, 5.74) is 2.16. The first-order valence-corrected chi connectivity index (χ1v) is 13.0.